The van der Waals surface area contributed by atoms with Gasteiger partial charge in [0.15, 0.2) is 0 Å². The van der Waals surface area contributed by atoms with E-state index in [0.29, 0.717) is 17.2 Å². The van der Waals surface area contributed by atoms with Gasteiger partial charge in [-0.05, 0) is 37.0 Å². The second-order valence-electron chi connectivity index (χ2n) is 4.26. The van der Waals surface area contributed by atoms with Gasteiger partial charge in [-0.3, -0.25) is 0 Å². The zero-order chi connectivity index (χ0) is 11.8. The van der Waals surface area contributed by atoms with Crippen molar-refractivity contribution in [3.05, 3.63) is 42.1 Å². The largest absolute Gasteiger partial charge is 0.507 e. The molecule has 2 aromatic rings. The number of aromatic nitrogens is 2. The fourth-order valence-electron chi connectivity index (χ4n) is 1.96. The molecule has 17 heavy (non-hydrogen) atoms. The molecule has 1 fully saturated rings. The van der Waals surface area contributed by atoms with Gasteiger partial charge in [-0.1, -0.05) is 0 Å². The average Bonchev–Trinajstić information content (AvgIpc) is 3.16. The summed E-state index contributed by atoms with van der Waals surface area (Å²) < 4.78 is 13.2. The monoisotopic (exact) mass is 230 g/mol. The number of aromatic hydroxyl groups is 1. The number of halogens is 1. The van der Waals surface area contributed by atoms with Gasteiger partial charge in [-0.15, -0.1) is 0 Å². The number of phenols is 1. The fraction of sp³-hybridized carbons (Fsp3) is 0.231. The summed E-state index contributed by atoms with van der Waals surface area (Å²) in [5, 5.41) is 9.79. The Morgan fingerprint density at radius 2 is 2.12 bits per heavy atom. The summed E-state index contributed by atoms with van der Waals surface area (Å²) in [5.41, 5.74) is 2.07. The van der Waals surface area contributed by atoms with E-state index in [-0.39, 0.29) is 11.6 Å². The van der Waals surface area contributed by atoms with Crippen LogP contribution in [0.4, 0.5) is 4.39 Å². The number of benzene rings is 1. The standard InChI is InChI=1S/C13H11FN2O/c14-9-3-4-12(17)10(5-9)13-11(8-1-2-8)6-15-7-16-13/h3-8,17H,1-2H2. The van der Waals surface area contributed by atoms with Crippen molar-refractivity contribution in [1.29, 1.82) is 0 Å². The van der Waals surface area contributed by atoms with Gasteiger partial charge < -0.3 is 5.11 Å². The summed E-state index contributed by atoms with van der Waals surface area (Å²) in [6.07, 6.45) is 5.39. The van der Waals surface area contributed by atoms with E-state index in [2.05, 4.69) is 9.97 Å². The van der Waals surface area contributed by atoms with Crippen molar-refractivity contribution in [3.63, 3.8) is 0 Å². The Hall–Kier alpha value is -1.97. The molecule has 0 amide bonds. The molecular formula is C13H11FN2O. The quantitative estimate of drug-likeness (QED) is 0.862. The Balaban J connectivity index is 2.17. The molecule has 0 spiro atoms. The van der Waals surface area contributed by atoms with E-state index in [1.807, 2.05) is 0 Å². The van der Waals surface area contributed by atoms with Gasteiger partial charge in [-0.2, -0.15) is 0 Å². The zero-order valence-electron chi connectivity index (χ0n) is 9.10. The van der Waals surface area contributed by atoms with Crippen molar-refractivity contribution in [1.82, 2.24) is 9.97 Å². The lowest BCUT2D eigenvalue weighted by Gasteiger charge is -2.08. The van der Waals surface area contributed by atoms with E-state index in [9.17, 15) is 9.50 Å². The molecular weight excluding hydrogens is 219 g/mol. The summed E-state index contributed by atoms with van der Waals surface area (Å²) in [7, 11) is 0. The minimum absolute atomic E-state index is 0.0481. The molecule has 1 aliphatic rings. The number of hydrogen-bond acceptors (Lipinski definition) is 3. The highest BCUT2D eigenvalue weighted by Gasteiger charge is 2.28. The molecule has 1 saturated carbocycles. The predicted molar refractivity (Wildman–Crippen MR) is 61.1 cm³/mol. The predicted octanol–water partition coefficient (Wildman–Crippen LogP) is 2.87. The van der Waals surface area contributed by atoms with Gasteiger partial charge in [0.05, 0.1) is 5.69 Å². The lowest BCUT2D eigenvalue weighted by Crippen LogP contribution is -1.94. The number of nitrogens with zero attached hydrogens (tertiary/aromatic N) is 2. The molecule has 0 unspecified atom stereocenters. The summed E-state index contributed by atoms with van der Waals surface area (Å²) in [6.45, 7) is 0. The van der Waals surface area contributed by atoms with E-state index in [0.717, 1.165) is 18.4 Å². The van der Waals surface area contributed by atoms with Crippen LogP contribution in [0.5, 0.6) is 5.75 Å². The first kappa shape index (κ1) is 10.2. The van der Waals surface area contributed by atoms with Gasteiger partial charge in [0.2, 0.25) is 0 Å². The van der Waals surface area contributed by atoms with Gasteiger partial charge in [-0.25, -0.2) is 14.4 Å². The first-order chi connectivity index (χ1) is 8.25. The van der Waals surface area contributed by atoms with Gasteiger partial charge >= 0.3 is 0 Å². The van der Waals surface area contributed by atoms with Crippen LogP contribution >= 0.6 is 0 Å². The van der Waals surface area contributed by atoms with Crippen LogP contribution in [0, 0.1) is 5.82 Å². The summed E-state index contributed by atoms with van der Waals surface area (Å²) >= 11 is 0. The van der Waals surface area contributed by atoms with Crippen molar-refractivity contribution < 1.29 is 9.50 Å². The van der Waals surface area contributed by atoms with Crippen molar-refractivity contribution in [2.45, 2.75) is 18.8 Å². The highest BCUT2D eigenvalue weighted by atomic mass is 19.1. The van der Waals surface area contributed by atoms with E-state index in [1.54, 1.807) is 6.20 Å². The van der Waals surface area contributed by atoms with E-state index >= 15 is 0 Å². The molecule has 1 aromatic carbocycles. The first-order valence-corrected chi connectivity index (χ1v) is 5.54. The molecule has 0 bridgehead atoms. The van der Waals surface area contributed by atoms with Crippen molar-refractivity contribution in [2.24, 2.45) is 0 Å². The molecule has 4 heteroatoms. The molecule has 0 aliphatic heterocycles. The van der Waals surface area contributed by atoms with Gasteiger partial charge in [0, 0.05) is 17.3 Å². The zero-order valence-corrected chi connectivity index (χ0v) is 9.10. The van der Waals surface area contributed by atoms with Crippen LogP contribution in [0.1, 0.15) is 24.3 Å². The molecule has 1 aromatic heterocycles. The maximum Gasteiger partial charge on any atom is 0.125 e. The highest BCUT2D eigenvalue weighted by Crippen LogP contribution is 2.44. The average molecular weight is 230 g/mol. The Morgan fingerprint density at radius 1 is 1.29 bits per heavy atom. The Morgan fingerprint density at radius 3 is 2.88 bits per heavy atom. The van der Waals surface area contributed by atoms with Crippen LogP contribution in [-0.4, -0.2) is 15.1 Å². The molecule has 3 nitrogen and oxygen atoms in total. The maximum absolute atomic E-state index is 13.2. The maximum atomic E-state index is 13.2. The topological polar surface area (TPSA) is 46.0 Å². The van der Waals surface area contributed by atoms with Crippen molar-refractivity contribution in [2.75, 3.05) is 0 Å². The molecule has 3 rings (SSSR count). The normalized spacial score (nSPS) is 14.9. The fourth-order valence-corrected chi connectivity index (χ4v) is 1.96. The van der Waals surface area contributed by atoms with Gasteiger partial charge in [0.25, 0.3) is 0 Å². The second kappa shape index (κ2) is 3.80. The van der Waals surface area contributed by atoms with E-state index in [1.165, 1.54) is 24.5 Å². The number of rotatable bonds is 2. The minimum Gasteiger partial charge on any atom is -0.507 e. The van der Waals surface area contributed by atoms with Crippen LogP contribution in [0.25, 0.3) is 11.3 Å². The Labute approximate surface area is 98.0 Å². The molecule has 0 atom stereocenters. The van der Waals surface area contributed by atoms with Crippen molar-refractivity contribution in [3.8, 4) is 17.0 Å². The Bertz CT molecular complexity index is 567. The first-order valence-electron chi connectivity index (χ1n) is 5.54. The molecule has 0 saturated heterocycles. The van der Waals surface area contributed by atoms with E-state index < -0.39 is 0 Å². The number of phenolic OH excluding ortho intramolecular Hbond substituents is 1. The molecule has 1 aliphatic carbocycles. The molecule has 1 heterocycles. The van der Waals surface area contributed by atoms with Gasteiger partial charge in [0.1, 0.15) is 17.9 Å². The third kappa shape index (κ3) is 1.86. The molecule has 0 radical (unpaired) electrons. The van der Waals surface area contributed by atoms with Crippen LogP contribution in [0.3, 0.4) is 0 Å². The van der Waals surface area contributed by atoms with Crippen LogP contribution in [-0.2, 0) is 0 Å². The van der Waals surface area contributed by atoms with Crippen LogP contribution in [0.15, 0.2) is 30.7 Å². The van der Waals surface area contributed by atoms with E-state index in [4.69, 9.17) is 0 Å². The smallest absolute Gasteiger partial charge is 0.125 e. The van der Waals surface area contributed by atoms with Crippen molar-refractivity contribution >= 4 is 0 Å². The number of hydrogen-bond donors (Lipinski definition) is 1. The summed E-state index contributed by atoms with van der Waals surface area (Å²) in [5.74, 6) is 0.124. The Kier molecular flexibility index (Phi) is 2.28. The third-order valence-electron chi connectivity index (χ3n) is 2.97. The lowest BCUT2D eigenvalue weighted by molar-refractivity contribution is 0.475. The second-order valence-corrected chi connectivity index (χ2v) is 4.26. The van der Waals surface area contributed by atoms with Crippen LogP contribution in [0.2, 0.25) is 0 Å². The SMILES string of the molecule is Oc1ccc(F)cc1-c1ncncc1C1CC1. The minimum atomic E-state index is -0.377. The summed E-state index contributed by atoms with van der Waals surface area (Å²) in [4.78, 5) is 8.17. The molecule has 1 N–H and O–H groups in total. The molecule has 86 valence electrons. The third-order valence-corrected chi connectivity index (χ3v) is 2.97. The summed E-state index contributed by atoms with van der Waals surface area (Å²) in [6, 6.07) is 3.89. The lowest BCUT2D eigenvalue weighted by atomic mass is 10.0. The highest BCUT2D eigenvalue weighted by molar-refractivity contribution is 5.70. The van der Waals surface area contributed by atoms with Crippen LogP contribution < -0.4 is 0 Å².